The van der Waals surface area contributed by atoms with Crippen molar-refractivity contribution in [1.82, 2.24) is 0 Å². The molecule has 16 heavy (non-hydrogen) atoms. The standard InChI is InChI=1S/C12H15FN2O/c1-2-15(12(16)8-7-10(8)14)11-6-4-3-5-9(11)13/h3-6,8,10H,2,7,14H2,1H3. The zero-order valence-corrected chi connectivity index (χ0v) is 9.19. The lowest BCUT2D eigenvalue weighted by atomic mass is 10.2. The second-order valence-corrected chi connectivity index (χ2v) is 4.04. The highest BCUT2D eigenvalue weighted by Gasteiger charge is 2.42. The Kier molecular flexibility index (Phi) is 2.92. The molecule has 0 bridgehead atoms. The fourth-order valence-corrected chi connectivity index (χ4v) is 1.81. The molecule has 1 aliphatic rings. The summed E-state index contributed by atoms with van der Waals surface area (Å²) in [6.45, 7) is 2.29. The third-order valence-corrected chi connectivity index (χ3v) is 2.88. The molecule has 1 aromatic carbocycles. The third-order valence-electron chi connectivity index (χ3n) is 2.88. The Balaban J connectivity index is 2.22. The molecule has 0 spiro atoms. The van der Waals surface area contributed by atoms with Gasteiger partial charge < -0.3 is 10.6 Å². The first kappa shape index (κ1) is 11.1. The molecule has 86 valence electrons. The summed E-state index contributed by atoms with van der Waals surface area (Å²) in [5, 5.41) is 0. The number of carbonyl (C=O) groups excluding carboxylic acids is 1. The molecule has 4 heteroatoms. The van der Waals surface area contributed by atoms with E-state index < -0.39 is 0 Å². The number of carbonyl (C=O) groups is 1. The van der Waals surface area contributed by atoms with Crippen molar-refractivity contribution in [3.8, 4) is 0 Å². The van der Waals surface area contributed by atoms with Crippen LogP contribution in [0.5, 0.6) is 0 Å². The van der Waals surface area contributed by atoms with Gasteiger partial charge in [0.1, 0.15) is 5.82 Å². The van der Waals surface area contributed by atoms with Crippen molar-refractivity contribution >= 4 is 11.6 Å². The molecule has 1 saturated carbocycles. The maximum Gasteiger partial charge on any atom is 0.231 e. The predicted octanol–water partition coefficient (Wildman–Crippen LogP) is 1.53. The average Bonchev–Trinajstić information content (AvgIpc) is 2.99. The lowest BCUT2D eigenvalue weighted by Crippen LogP contribution is -2.34. The average molecular weight is 222 g/mol. The Morgan fingerprint density at radius 2 is 2.19 bits per heavy atom. The highest BCUT2D eigenvalue weighted by Crippen LogP contribution is 2.32. The normalized spacial score (nSPS) is 22.9. The molecule has 1 aliphatic carbocycles. The van der Waals surface area contributed by atoms with Crippen molar-refractivity contribution in [3.63, 3.8) is 0 Å². The van der Waals surface area contributed by atoms with Gasteiger partial charge in [-0.2, -0.15) is 0 Å². The summed E-state index contributed by atoms with van der Waals surface area (Å²) in [5.41, 5.74) is 5.98. The Bertz CT molecular complexity index is 408. The van der Waals surface area contributed by atoms with Crippen LogP contribution in [-0.4, -0.2) is 18.5 Å². The smallest absolute Gasteiger partial charge is 0.231 e. The van der Waals surface area contributed by atoms with Crippen LogP contribution in [0.15, 0.2) is 24.3 Å². The molecule has 2 N–H and O–H groups in total. The molecular formula is C12H15FN2O. The summed E-state index contributed by atoms with van der Waals surface area (Å²) in [4.78, 5) is 13.4. The third kappa shape index (κ3) is 1.93. The maximum atomic E-state index is 13.5. The van der Waals surface area contributed by atoms with Crippen molar-refractivity contribution in [2.75, 3.05) is 11.4 Å². The second kappa shape index (κ2) is 4.22. The molecule has 2 atom stereocenters. The topological polar surface area (TPSA) is 46.3 Å². The number of hydrogen-bond donors (Lipinski definition) is 1. The molecule has 1 fully saturated rings. The number of para-hydroxylation sites is 1. The monoisotopic (exact) mass is 222 g/mol. The van der Waals surface area contributed by atoms with Crippen LogP contribution >= 0.6 is 0 Å². The van der Waals surface area contributed by atoms with E-state index in [1.807, 2.05) is 6.92 Å². The van der Waals surface area contributed by atoms with Crippen molar-refractivity contribution in [1.29, 1.82) is 0 Å². The summed E-state index contributed by atoms with van der Waals surface area (Å²) in [5.74, 6) is -0.563. The number of nitrogens with zero attached hydrogens (tertiary/aromatic N) is 1. The van der Waals surface area contributed by atoms with Gasteiger partial charge in [0.2, 0.25) is 5.91 Å². The van der Waals surface area contributed by atoms with Crippen LogP contribution < -0.4 is 10.6 Å². The molecule has 0 aliphatic heterocycles. The summed E-state index contributed by atoms with van der Waals surface area (Å²) < 4.78 is 13.5. The van der Waals surface area contributed by atoms with Crippen LogP contribution in [0, 0.1) is 11.7 Å². The van der Waals surface area contributed by atoms with E-state index in [9.17, 15) is 9.18 Å². The van der Waals surface area contributed by atoms with Gasteiger partial charge in [-0.25, -0.2) is 4.39 Å². The minimum atomic E-state index is -0.369. The molecule has 0 saturated heterocycles. The number of anilines is 1. The minimum absolute atomic E-state index is 0.0478. The van der Waals surface area contributed by atoms with Gasteiger partial charge in [0.15, 0.2) is 0 Å². The van der Waals surface area contributed by atoms with Crippen LogP contribution in [0.2, 0.25) is 0 Å². The van der Waals surface area contributed by atoms with Crippen molar-refractivity contribution in [2.45, 2.75) is 19.4 Å². The van der Waals surface area contributed by atoms with Gasteiger partial charge in [-0.1, -0.05) is 12.1 Å². The molecule has 1 aromatic rings. The van der Waals surface area contributed by atoms with E-state index in [0.29, 0.717) is 18.7 Å². The zero-order chi connectivity index (χ0) is 11.7. The first-order valence-corrected chi connectivity index (χ1v) is 5.46. The van der Waals surface area contributed by atoms with Crippen LogP contribution in [0.1, 0.15) is 13.3 Å². The highest BCUT2D eigenvalue weighted by molar-refractivity contribution is 5.97. The highest BCUT2D eigenvalue weighted by atomic mass is 19.1. The van der Waals surface area contributed by atoms with Gasteiger partial charge in [-0.3, -0.25) is 4.79 Å². The molecule has 2 rings (SSSR count). The fraction of sp³-hybridized carbons (Fsp3) is 0.417. The lowest BCUT2D eigenvalue weighted by molar-refractivity contribution is -0.119. The molecule has 1 amide bonds. The number of nitrogens with two attached hydrogens (primary N) is 1. The van der Waals surface area contributed by atoms with Crippen molar-refractivity contribution < 1.29 is 9.18 Å². The van der Waals surface area contributed by atoms with Crippen LogP contribution in [0.3, 0.4) is 0 Å². The Hall–Kier alpha value is -1.42. The van der Waals surface area contributed by atoms with E-state index in [2.05, 4.69) is 0 Å². The van der Waals surface area contributed by atoms with Crippen molar-refractivity contribution in [2.24, 2.45) is 11.7 Å². The van der Waals surface area contributed by atoms with Gasteiger partial charge in [-0.15, -0.1) is 0 Å². The van der Waals surface area contributed by atoms with E-state index >= 15 is 0 Å². The van der Waals surface area contributed by atoms with Gasteiger partial charge in [0.05, 0.1) is 11.6 Å². The largest absolute Gasteiger partial charge is 0.327 e. The van der Waals surface area contributed by atoms with E-state index in [-0.39, 0.29) is 23.7 Å². The lowest BCUT2D eigenvalue weighted by Gasteiger charge is -2.21. The number of halogens is 1. The Morgan fingerprint density at radius 3 is 2.69 bits per heavy atom. The number of rotatable bonds is 3. The molecular weight excluding hydrogens is 207 g/mol. The Morgan fingerprint density at radius 1 is 1.56 bits per heavy atom. The van der Waals surface area contributed by atoms with E-state index in [1.54, 1.807) is 18.2 Å². The summed E-state index contributed by atoms with van der Waals surface area (Å²) >= 11 is 0. The van der Waals surface area contributed by atoms with Gasteiger partial charge in [0.25, 0.3) is 0 Å². The minimum Gasteiger partial charge on any atom is -0.327 e. The maximum absolute atomic E-state index is 13.5. The predicted molar refractivity (Wildman–Crippen MR) is 60.5 cm³/mol. The summed E-state index contributed by atoms with van der Waals surface area (Å²) in [6.07, 6.45) is 0.712. The van der Waals surface area contributed by atoms with E-state index in [0.717, 1.165) is 0 Å². The Labute approximate surface area is 94.0 Å². The zero-order valence-electron chi connectivity index (χ0n) is 9.19. The van der Waals surface area contributed by atoms with Gasteiger partial charge >= 0.3 is 0 Å². The second-order valence-electron chi connectivity index (χ2n) is 4.04. The van der Waals surface area contributed by atoms with Crippen LogP contribution in [-0.2, 0) is 4.79 Å². The molecule has 0 radical (unpaired) electrons. The first-order chi connectivity index (χ1) is 7.65. The quantitative estimate of drug-likeness (QED) is 0.843. The first-order valence-electron chi connectivity index (χ1n) is 5.46. The van der Waals surface area contributed by atoms with E-state index in [4.69, 9.17) is 5.73 Å². The number of benzene rings is 1. The SMILES string of the molecule is CCN(C(=O)C1CC1N)c1ccccc1F. The molecule has 3 nitrogen and oxygen atoms in total. The van der Waals surface area contributed by atoms with Crippen molar-refractivity contribution in [3.05, 3.63) is 30.1 Å². The summed E-state index contributed by atoms with van der Waals surface area (Å²) in [7, 11) is 0. The van der Waals surface area contributed by atoms with Crippen LogP contribution in [0.4, 0.5) is 10.1 Å². The fourth-order valence-electron chi connectivity index (χ4n) is 1.81. The number of amides is 1. The van der Waals surface area contributed by atoms with Gasteiger partial charge in [0, 0.05) is 12.6 Å². The number of hydrogen-bond acceptors (Lipinski definition) is 2. The molecule has 2 unspecified atom stereocenters. The van der Waals surface area contributed by atoms with Gasteiger partial charge in [-0.05, 0) is 25.5 Å². The van der Waals surface area contributed by atoms with E-state index in [1.165, 1.54) is 11.0 Å². The molecule has 0 heterocycles. The molecule has 0 aromatic heterocycles. The summed E-state index contributed by atoms with van der Waals surface area (Å²) in [6, 6.07) is 6.26. The van der Waals surface area contributed by atoms with Crippen LogP contribution in [0.25, 0.3) is 0 Å².